The summed E-state index contributed by atoms with van der Waals surface area (Å²) in [7, 11) is 2.22. The third-order valence-corrected chi connectivity index (χ3v) is 2.93. The fraction of sp³-hybridized carbons (Fsp3) is 1.00. The first-order valence-corrected chi connectivity index (χ1v) is 4.48. The van der Waals surface area contributed by atoms with Crippen LogP contribution in [-0.4, -0.2) is 23.5 Å². The van der Waals surface area contributed by atoms with E-state index in [2.05, 4.69) is 46.6 Å². The highest BCUT2D eigenvalue weighted by atomic mass is 15.4. The third-order valence-electron chi connectivity index (χ3n) is 2.93. The molecule has 0 radical (unpaired) electrons. The van der Waals surface area contributed by atoms with Crippen molar-refractivity contribution in [3.05, 3.63) is 0 Å². The first-order valence-electron chi connectivity index (χ1n) is 4.48. The maximum atomic E-state index is 2.46. The Morgan fingerprint density at radius 1 is 1.27 bits per heavy atom. The molecule has 0 amide bonds. The van der Waals surface area contributed by atoms with Gasteiger partial charge in [-0.3, -0.25) is 4.90 Å². The molecule has 0 saturated carbocycles. The normalized spacial score (nSPS) is 35.5. The number of rotatable bonds is 1. The summed E-state index contributed by atoms with van der Waals surface area (Å²) in [4.78, 5) is 2.46. The van der Waals surface area contributed by atoms with Gasteiger partial charge in [0.05, 0.1) is 0 Å². The topological polar surface area (TPSA) is 3.01 Å². The molecule has 1 nitrogen and oxygen atoms in total. The van der Waals surface area contributed by atoms with Gasteiger partial charge in [-0.05, 0) is 32.7 Å². The monoisotopic (exact) mass is 155 g/mol. The Morgan fingerprint density at radius 3 is 1.73 bits per heavy atom. The van der Waals surface area contributed by atoms with Crippen LogP contribution in [-0.2, 0) is 0 Å². The van der Waals surface area contributed by atoms with E-state index < -0.39 is 0 Å². The Kier molecular flexibility index (Phi) is 1.83. The molecule has 1 fully saturated rings. The van der Waals surface area contributed by atoms with Crippen molar-refractivity contribution in [3.63, 3.8) is 0 Å². The van der Waals surface area contributed by atoms with Gasteiger partial charge in [0.15, 0.2) is 0 Å². The highest BCUT2D eigenvalue weighted by Crippen LogP contribution is 2.44. The van der Waals surface area contributed by atoms with Crippen LogP contribution in [0.2, 0.25) is 0 Å². The van der Waals surface area contributed by atoms with Crippen LogP contribution in [0.4, 0.5) is 0 Å². The van der Waals surface area contributed by atoms with Gasteiger partial charge in [-0.2, -0.15) is 0 Å². The van der Waals surface area contributed by atoms with Gasteiger partial charge in [-0.25, -0.2) is 0 Å². The van der Waals surface area contributed by atoms with E-state index in [0.29, 0.717) is 11.0 Å². The maximum Gasteiger partial charge on any atom is 0.0309 e. The molecule has 1 aliphatic heterocycles. The van der Waals surface area contributed by atoms with Crippen molar-refractivity contribution in [1.29, 1.82) is 0 Å². The van der Waals surface area contributed by atoms with Gasteiger partial charge in [0.2, 0.25) is 0 Å². The minimum atomic E-state index is 0.466. The summed E-state index contributed by atoms with van der Waals surface area (Å²) in [6, 6.07) is 0.808. The van der Waals surface area contributed by atoms with Crippen LogP contribution in [0.5, 0.6) is 0 Å². The van der Waals surface area contributed by atoms with Gasteiger partial charge in [0.1, 0.15) is 0 Å². The van der Waals surface area contributed by atoms with Gasteiger partial charge in [0.25, 0.3) is 0 Å². The second-order valence-corrected chi connectivity index (χ2v) is 5.55. The minimum Gasteiger partial charge on any atom is -0.295 e. The van der Waals surface area contributed by atoms with E-state index in [0.717, 1.165) is 6.04 Å². The van der Waals surface area contributed by atoms with E-state index in [4.69, 9.17) is 0 Å². The zero-order valence-electron chi connectivity index (χ0n) is 8.73. The van der Waals surface area contributed by atoms with Gasteiger partial charge in [0, 0.05) is 11.6 Å². The molecule has 1 heteroatoms. The first-order chi connectivity index (χ1) is 4.75. The van der Waals surface area contributed by atoms with Crippen molar-refractivity contribution >= 4 is 0 Å². The molecule has 0 aromatic rings. The molecule has 1 saturated heterocycles. The van der Waals surface area contributed by atoms with E-state index in [9.17, 15) is 0 Å². The highest BCUT2D eigenvalue weighted by Gasteiger charge is 2.53. The lowest BCUT2D eigenvalue weighted by Gasteiger charge is -2.17. The van der Waals surface area contributed by atoms with Crippen molar-refractivity contribution in [2.45, 2.75) is 52.6 Å². The summed E-state index contributed by atoms with van der Waals surface area (Å²) in [5.74, 6) is 0. The average Bonchev–Trinajstić information content (AvgIpc) is 2.14. The fourth-order valence-corrected chi connectivity index (χ4v) is 1.74. The van der Waals surface area contributed by atoms with Crippen LogP contribution < -0.4 is 0 Å². The van der Waals surface area contributed by atoms with Crippen molar-refractivity contribution in [1.82, 2.24) is 4.90 Å². The van der Waals surface area contributed by atoms with E-state index in [1.54, 1.807) is 0 Å². The smallest absolute Gasteiger partial charge is 0.0309 e. The van der Waals surface area contributed by atoms with Crippen LogP contribution in [0, 0.1) is 5.41 Å². The predicted octanol–water partition coefficient (Wildman–Crippen LogP) is 2.52. The molecule has 2 unspecified atom stereocenters. The second kappa shape index (κ2) is 2.22. The van der Waals surface area contributed by atoms with Crippen LogP contribution in [0.25, 0.3) is 0 Å². The van der Waals surface area contributed by atoms with Crippen LogP contribution in [0.3, 0.4) is 0 Å². The predicted molar refractivity (Wildman–Crippen MR) is 49.7 cm³/mol. The van der Waals surface area contributed by atoms with Crippen molar-refractivity contribution in [2.24, 2.45) is 5.41 Å². The second-order valence-electron chi connectivity index (χ2n) is 5.55. The number of hydrogen-bond donors (Lipinski definition) is 0. The zero-order valence-corrected chi connectivity index (χ0v) is 8.73. The molecule has 1 rings (SSSR count). The summed E-state index contributed by atoms with van der Waals surface area (Å²) >= 11 is 0. The fourth-order valence-electron chi connectivity index (χ4n) is 1.74. The van der Waals surface area contributed by atoms with Gasteiger partial charge >= 0.3 is 0 Å². The molecule has 0 aliphatic carbocycles. The Labute approximate surface area is 70.8 Å². The number of nitrogens with zero attached hydrogens (tertiary/aromatic N) is 1. The Bertz CT molecular complexity index is 153. The van der Waals surface area contributed by atoms with Gasteiger partial charge < -0.3 is 0 Å². The first kappa shape index (κ1) is 9.05. The molecule has 0 bridgehead atoms. The van der Waals surface area contributed by atoms with Gasteiger partial charge in [-0.1, -0.05) is 20.8 Å². The lowest BCUT2D eigenvalue weighted by molar-refractivity contribution is 0.353. The van der Waals surface area contributed by atoms with Crippen LogP contribution >= 0.6 is 0 Å². The van der Waals surface area contributed by atoms with Crippen molar-refractivity contribution in [2.75, 3.05) is 7.05 Å². The highest BCUT2D eigenvalue weighted by molar-refractivity contribution is 5.10. The molecule has 66 valence electrons. The summed E-state index contributed by atoms with van der Waals surface area (Å²) in [5, 5.41) is 0. The average molecular weight is 155 g/mol. The van der Waals surface area contributed by atoms with Crippen molar-refractivity contribution < 1.29 is 0 Å². The van der Waals surface area contributed by atoms with Crippen molar-refractivity contribution in [3.8, 4) is 0 Å². The largest absolute Gasteiger partial charge is 0.295 e. The molecule has 0 aromatic heterocycles. The van der Waals surface area contributed by atoms with E-state index in [1.165, 1.54) is 6.42 Å². The third kappa shape index (κ3) is 1.76. The lowest BCUT2D eigenvalue weighted by atomic mass is 9.88. The molecular weight excluding hydrogens is 134 g/mol. The number of hydrogen-bond acceptors (Lipinski definition) is 1. The van der Waals surface area contributed by atoms with Gasteiger partial charge in [-0.15, -0.1) is 0 Å². The minimum absolute atomic E-state index is 0.466. The SMILES string of the molecule is CN1C(CC(C)(C)C)C1(C)C. The van der Waals surface area contributed by atoms with E-state index in [-0.39, 0.29) is 0 Å². The van der Waals surface area contributed by atoms with Crippen LogP contribution in [0.15, 0.2) is 0 Å². The molecule has 0 spiro atoms. The van der Waals surface area contributed by atoms with Crippen LogP contribution in [0.1, 0.15) is 41.0 Å². The molecule has 11 heavy (non-hydrogen) atoms. The summed E-state index contributed by atoms with van der Waals surface area (Å²) < 4.78 is 0. The molecular formula is C10H21N. The lowest BCUT2D eigenvalue weighted by Crippen LogP contribution is -2.13. The quantitative estimate of drug-likeness (QED) is 0.526. The standard InChI is InChI=1S/C10H21N/c1-9(2,3)7-8-10(4,5)11(8)6/h8H,7H2,1-6H3. The van der Waals surface area contributed by atoms with E-state index in [1.807, 2.05) is 0 Å². The molecule has 0 aromatic carbocycles. The summed E-state index contributed by atoms with van der Waals surface area (Å²) in [5.41, 5.74) is 0.944. The Morgan fingerprint density at radius 2 is 1.64 bits per heavy atom. The summed E-state index contributed by atoms with van der Waals surface area (Å²) in [6.45, 7) is 11.6. The molecule has 0 N–H and O–H groups in total. The maximum absolute atomic E-state index is 2.46. The zero-order chi connectivity index (χ0) is 8.86. The Balaban J connectivity index is 2.44. The molecule has 2 atom stereocenters. The molecule has 1 aliphatic rings. The summed E-state index contributed by atoms with van der Waals surface area (Å²) in [6.07, 6.45) is 1.32. The molecule has 1 heterocycles. The Hall–Kier alpha value is -0.0400. The van der Waals surface area contributed by atoms with E-state index >= 15 is 0 Å². The number of likely N-dealkylation sites (N-methyl/N-ethyl adjacent to an activating group) is 1.